The molecule has 2 rings (SSSR count). The van der Waals surface area contributed by atoms with E-state index >= 15 is 0 Å². The topological polar surface area (TPSA) is 32.3 Å². The zero-order valence-corrected chi connectivity index (χ0v) is 11.4. The van der Waals surface area contributed by atoms with Gasteiger partial charge in [0.05, 0.1) is 5.56 Å². The number of carbonyl (C=O) groups is 1. The van der Waals surface area contributed by atoms with E-state index in [9.17, 15) is 9.18 Å². The fourth-order valence-electron chi connectivity index (χ4n) is 2.48. The fourth-order valence-corrected chi connectivity index (χ4v) is 2.48. The van der Waals surface area contributed by atoms with E-state index < -0.39 is 5.82 Å². The van der Waals surface area contributed by atoms with Gasteiger partial charge in [-0.05, 0) is 57.5 Å². The Hall–Kier alpha value is -1.42. The van der Waals surface area contributed by atoms with Gasteiger partial charge in [-0.15, -0.1) is 0 Å². The lowest BCUT2D eigenvalue weighted by Crippen LogP contribution is -2.32. The van der Waals surface area contributed by atoms with Crippen LogP contribution < -0.4 is 5.32 Å². The second-order valence-corrected chi connectivity index (χ2v) is 5.27. The lowest BCUT2D eigenvalue weighted by atomic mass is 9.94. The zero-order chi connectivity index (χ0) is 13.7. The van der Waals surface area contributed by atoms with Crippen LogP contribution in [0.5, 0.6) is 0 Å². The van der Waals surface area contributed by atoms with Gasteiger partial charge in [0.25, 0.3) is 5.91 Å². The summed E-state index contributed by atoms with van der Waals surface area (Å²) in [5.41, 5.74) is 0.130. The molecule has 1 aromatic rings. The molecule has 0 bridgehead atoms. The van der Waals surface area contributed by atoms with Crippen molar-refractivity contribution in [1.82, 2.24) is 10.2 Å². The third-order valence-corrected chi connectivity index (χ3v) is 3.79. The van der Waals surface area contributed by atoms with Crippen LogP contribution in [0.4, 0.5) is 4.39 Å². The van der Waals surface area contributed by atoms with E-state index in [-0.39, 0.29) is 11.5 Å². The minimum absolute atomic E-state index is 0.130. The normalized spacial score (nSPS) is 17.4. The molecule has 0 atom stereocenters. The number of benzene rings is 1. The molecule has 1 heterocycles. The Bertz CT molecular complexity index is 428. The summed E-state index contributed by atoms with van der Waals surface area (Å²) in [6.07, 6.45) is 3.35. The summed E-state index contributed by atoms with van der Waals surface area (Å²) in [6.45, 7) is 2.89. The third kappa shape index (κ3) is 4.03. The molecular weight excluding hydrogens is 243 g/mol. The maximum Gasteiger partial charge on any atom is 0.254 e. The van der Waals surface area contributed by atoms with Gasteiger partial charge < -0.3 is 10.2 Å². The Kier molecular flexibility index (Phi) is 4.91. The number of hydrogen-bond donors (Lipinski definition) is 1. The van der Waals surface area contributed by atoms with E-state index in [1.54, 1.807) is 12.1 Å². The van der Waals surface area contributed by atoms with Crippen molar-refractivity contribution in [3.8, 4) is 0 Å². The molecule has 1 aromatic carbocycles. The Morgan fingerprint density at radius 1 is 1.37 bits per heavy atom. The van der Waals surface area contributed by atoms with Gasteiger partial charge in [0.2, 0.25) is 0 Å². The molecule has 0 saturated carbocycles. The third-order valence-electron chi connectivity index (χ3n) is 3.79. The van der Waals surface area contributed by atoms with Crippen molar-refractivity contribution >= 4 is 5.91 Å². The number of likely N-dealkylation sites (tertiary alicyclic amines) is 1. The van der Waals surface area contributed by atoms with Gasteiger partial charge >= 0.3 is 0 Å². The summed E-state index contributed by atoms with van der Waals surface area (Å²) < 4.78 is 13.4. The number of nitrogens with one attached hydrogen (secondary N) is 1. The summed E-state index contributed by atoms with van der Waals surface area (Å²) in [4.78, 5) is 14.1. The molecule has 3 nitrogen and oxygen atoms in total. The lowest BCUT2D eigenvalue weighted by molar-refractivity contribution is 0.0945. The van der Waals surface area contributed by atoms with Crippen molar-refractivity contribution in [2.45, 2.75) is 19.3 Å². The molecule has 0 radical (unpaired) electrons. The van der Waals surface area contributed by atoms with Crippen molar-refractivity contribution in [3.05, 3.63) is 35.6 Å². The van der Waals surface area contributed by atoms with Gasteiger partial charge in [0.15, 0.2) is 0 Å². The number of amides is 1. The lowest BCUT2D eigenvalue weighted by Gasteiger charge is -2.28. The quantitative estimate of drug-likeness (QED) is 0.905. The first-order valence-corrected chi connectivity index (χ1v) is 6.88. The molecule has 0 aliphatic carbocycles. The van der Waals surface area contributed by atoms with Gasteiger partial charge in [-0.3, -0.25) is 4.79 Å². The summed E-state index contributed by atoms with van der Waals surface area (Å²) in [6, 6.07) is 6.09. The summed E-state index contributed by atoms with van der Waals surface area (Å²) in [5.74, 6) is -0.0950. The predicted molar refractivity (Wildman–Crippen MR) is 73.6 cm³/mol. The van der Waals surface area contributed by atoms with Crippen LogP contribution in [0.3, 0.4) is 0 Å². The Balaban J connectivity index is 1.74. The standard InChI is InChI=1S/C15H21FN2O/c1-18-10-7-12(8-11-18)6-9-17-15(19)13-4-2-3-5-14(13)16/h2-5,12H,6-11H2,1H3,(H,17,19). The second kappa shape index (κ2) is 6.66. The van der Waals surface area contributed by atoms with Crippen molar-refractivity contribution in [1.29, 1.82) is 0 Å². The summed E-state index contributed by atoms with van der Waals surface area (Å²) in [5, 5.41) is 2.81. The van der Waals surface area contributed by atoms with Crippen LogP contribution in [0, 0.1) is 11.7 Å². The highest BCUT2D eigenvalue weighted by atomic mass is 19.1. The Morgan fingerprint density at radius 3 is 2.74 bits per heavy atom. The highest BCUT2D eigenvalue weighted by Gasteiger charge is 2.17. The van der Waals surface area contributed by atoms with E-state index in [2.05, 4.69) is 17.3 Å². The van der Waals surface area contributed by atoms with Gasteiger partial charge in [0.1, 0.15) is 5.82 Å². The molecule has 19 heavy (non-hydrogen) atoms. The highest BCUT2D eigenvalue weighted by Crippen LogP contribution is 2.18. The molecule has 1 aliphatic rings. The van der Waals surface area contributed by atoms with Crippen LogP contribution >= 0.6 is 0 Å². The van der Waals surface area contributed by atoms with Gasteiger partial charge in [0, 0.05) is 6.54 Å². The minimum atomic E-state index is -0.459. The van der Waals surface area contributed by atoms with Gasteiger partial charge in [-0.2, -0.15) is 0 Å². The zero-order valence-electron chi connectivity index (χ0n) is 11.4. The second-order valence-electron chi connectivity index (χ2n) is 5.27. The minimum Gasteiger partial charge on any atom is -0.352 e. The largest absolute Gasteiger partial charge is 0.352 e. The van der Waals surface area contributed by atoms with Crippen LogP contribution in [0.2, 0.25) is 0 Å². The number of hydrogen-bond acceptors (Lipinski definition) is 2. The Morgan fingerprint density at radius 2 is 2.05 bits per heavy atom. The van der Waals surface area contributed by atoms with Crippen LogP contribution in [0.1, 0.15) is 29.6 Å². The van der Waals surface area contributed by atoms with Crippen molar-refractivity contribution in [2.24, 2.45) is 5.92 Å². The van der Waals surface area contributed by atoms with Crippen molar-refractivity contribution in [2.75, 3.05) is 26.7 Å². The van der Waals surface area contributed by atoms with E-state index in [1.807, 2.05) is 0 Å². The first-order chi connectivity index (χ1) is 9.16. The van der Waals surface area contributed by atoms with Gasteiger partial charge in [-0.1, -0.05) is 12.1 Å². The molecule has 0 unspecified atom stereocenters. The highest BCUT2D eigenvalue weighted by molar-refractivity contribution is 5.94. The average molecular weight is 264 g/mol. The fraction of sp³-hybridized carbons (Fsp3) is 0.533. The first kappa shape index (κ1) is 14.0. The van der Waals surface area contributed by atoms with E-state index in [4.69, 9.17) is 0 Å². The van der Waals surface area contributed by atoms with Crippen molar-refractivity contribution in [3.63, 3.8) is 0 Å². The van der Waals surface area contributed by atoms with Crippen molar-refractivity contribution < 1.29 is 9.18 Å². The maximum absolute atomic E-state index is 13.4. The van der Waals surface area contributed by atoms with Crippen LogP contribution in [0.15, 0.2) is 24.3 Å². The number of piperidine rings is 1. The smallest absolute Gasteiger partial charge is 0.254 e. The number of carbonyl (C=O) groups excluding carboxylic acids is 1. The molecule has 1 fully saturated rings. The number of halogens is 1. The van der Waals surface area contributed by atoms with Crippen LogP contribution in [-0.4, -0.2) is 37.5 Å². The number of nitrogens with zero attached hydrogens (tertiary/aromatic N) is 1. The predicted octanol–water partition coefficient (Wildman–Crippen LogP) is 2.29. The van der Waals surface area contributed by atoms with E-state index in [0.29, 0.717) is 12.5 Å². The van der Waals surface area contributed by atoms with Crippen LogP contribution in [0.25, 0.3) is 0 Å². The molecule has 1 saturated heterocycles. The molecule has 1 amide bonds. The molecular formula is C15H21FN2O. The summed E-state index contributed by atoms with van der Waals surface area (Å²) in [7, 11) is 2.14. The average Bonchev–Trinajstić information content (AvgIpc) is 2.41. The molecule has 1 aliphatic heterocycles. The molecule has 0 aromatic heterocycles. The molecule has 0 spiro atoms. The van der Waals surface area contributed by atoms with Gasteiger partial charge in [-0.25, -0.2) is 4.39 Å². The molecule has 4 heteroatoms. The Labute approximate surface area is 113 Å². The maximum atomic E-state index is 13.4. The molecule has 1 N–H and O–H groups in total. The molecule has 104 valence electrons. The van der Waals surface area contributed by atoms with E-state index in [1.165, 1.54) is 25.0 Å². The summed E-state index contributed by atoms with van der Waals surface area (Å²) >= 11 is 0. The van der Waals surface area contributed by atoms with E-state index in [0.717, 1.165) is 19.5 Å². The number of rotatable bonds is 4. The first-order valence-electron chi connectivity index (χ1n) is 6.88. The SMILES string of the molecule is CN1CCC(CCNC(=O)c2ccccc2F)CC1. The van der Waals surface area contributed by atoms with Crippen LogP contribution in [-0.2, 0) is 0 Å². The monoisotopic (exact) mass is 264 g/mol.